The fourth-order valence-electron chi connectivity index (χ4n) is 1.77. The van der Waals surface area contributed by atoms with Crippen molar-refractivity contribution in [2.45, 2.75) is 6.92 Å². The highest BCUT2D eigenvalue weighted by Crippen LogP contribution is 2.24. The minimum atomic E-state index is -0.257. The zero-order chi connectivity index (χ0) is 15.6. The van der Waals surface area contributed by atoms with E-state index in [4.69, 9.17) is 29.6 Å². The number of aryl methyl sites for hydroxylation is 1. The summed E-state index contributed by atoms with van der Waals surface area (Å²) in [6, 6.07) is 10.5. The van der Waals surface area contributed by atoms with Gasteiger partial charge in [0.15, 0.2) is 0 Å². The number of nitrogens with two attached hydrogens (primary N) is 1. The Bertz CT molecular complexity index is 734. The highest BCUT2D eigenvalue weighted by Gasteiger charge is 2.12. The van der Waals surface area contributed by atoms with Gasteiger partial charge in [-0.15, -0.1) is 0 Å². The summed E-state index contributed by atoms with van der Waals surface area (Å²) in [7, 11) is 0. The Kier molecular flexibility index (Phi) is 4.98. The van der Waals surface area contributed by atoms with E-state index in [0.717, 1.165) is 5.56 Å². The highest BCUT2D eigenvalue weighted by atomic mass is 79.9. The van der Waals surface area contributed by atoms with E-state index in [9.17, 15) is 4.79 Å². The fourth-order valence-corrected chi connectivity index (χ4v) is 2.50. The number of anilines is 1. The molecule has 21 heavy (non-hydrogen) atoms. The van der Waals surface area contributed by atoms with Gasteiger partial charge < -0.3 is 11.1 Å². The van der Waals surface area contributed by atoms with Crippen LogP contribution in [-0.4, -0.2) is 10.9 Å². The maximum atomic E-state index is 12.4. The summed E-state index contributed by atoms with van der Waals surface area (Å²) in [5.41, 5.74) is 8.36. The molecule has 0 aliphatic carbocycles. The molecule has 0 aliphatic rings. The average molecular weight is 384 g/mol. The van der Waals surface area contributed by atoms with Gasteiger partial charge >= 0.3 is 0 Å². The number of carbonyl (C=O) groups excluding carboxylic acids is 1. The third kappa shape index (κ3) is 3.81. The van der Waals surface area contributed by atoms with Gasteiger partial charge in [-0.1, -0.05) is 36.0 Å². The molecule has 0 radical (unpaired) electrons. The van der Waals surface area contributed by atoms with Gasteiger partial charge in [-0.25, -0.2) is 0 Å². The smallest absolute Gasteiger partial charge is 0.256 e. The lowest BCUT2D eigenvalue weighted by atomic mass is 10.1. The van der Waals surface area contributed by atoms with E-state index >= 15 is 0 Å². The Labute approximate surface area is 141 Å². The molecule has 0 aromatic heterocycles. The quantitative estimate of drug-likeness (QED) is 0.777. The first kappa shape index (κ1) is 15.9. The first-order valence-electron chi connectivity index (χ1n) is 6.05. The molecule has 6 heteroatoms. The number of hydrogen-bond acceptors (Lipinski definition) is 2. The van der Waals surface area contributed by atoms with Crippen LogP contribution < -0.4 is 11.1 Å². The van der Waals surface area contributed by atoms with E-state index in [0.29, 0.717) is 26.3 Å². The van der Waals surface area contributed by atoms with Gasteiger partial charge in [-0.3, -0.25) is 4.79 Å². The van der Waals surface area contributed by atoms with Crippen molar-refractivity contribution in [3.05, 3.63) is 62.6 Å². The maximum absolute atomic E-state index is 12.4. The molecule has 0 aliphatic heterocycles. The second kappa shape index (κ2) is 6.56. The van der Waals surface area contributed by atoms with Gasteiger partial charge in [0.1, 0.15) is 4.99 Å². The summed E-state index contributed by atoms with van der Waals surface area (Å²) in [4.78, 5) is 12.6. The van der Waals surface area contributed by atoms with Crippen LogP contribution in [0.25, 0.3) is 0 Å². The van der Waals surface area contributed by atoms with Crippen LogP contribution in [0.2, 0.25) is 5.02 Å². The number of rotatable bonds is 3. The van der Waals surface area contributed by atoms with Crippen molar-refractivity contribution >= 4 is 56.3 Å². The SMILES string of the molecule is Cc1ccc(C(N)=S)cc1NC(=O)c1cc(Cl)ccc1Br. The number of amides is 1. The third-order valence-electron chi connectivity index (χ3n) is 2.94. The predicted octanol–water partition coefficient (Wildman–Crippen LogP) is 4.30. The molecule has 0 saturated carbocycles. The molecule has 2 aromatic carbocycles. The van der Waals surface area contributed by atoms with Gasteiger partial charge in [-0.2, -0.15) is 0 Å². The van der Waals surface area contributed by atoms with Crippen molar-refractivity contribution in [1.29, 1.82) is 0 Å². The first-order chi connectivity index (χ1) is 9.88. The van der Waals surface area contributed by atoms with E-state index in [2.05, 4.69) is 21.2 Å². The minimum absolute atomic E-state index is 0.257. The zero-order valence-electron chi connectivity index (χ0n) is 11.1. The Hall–Kier alpha value is -1.43. The number of benzene rings is 2. The largest absolute Gasteiger partial charge is 0.389 e. The summed E-state index contributed by atoms with van der Waals surface area (Å²) in [5.74, 6) is -0.257. The van der Waals surface area contributed by atoms with Crippen LogP contribution in [0.15, 0.2) is 40.9 Å². The van der Waals surface area contributed by atoms with Gasteiger partial charge in [0.25, 0.3) is 5.91 Å². The fraction of sp³-hybridized carbons (Fsp3) is 0.0667. The molecule has 0 atom stereocenters. The number of halogens is 2. The van der Waals surface area contributed by atoms with E-state index in [1.54, 1.807) is 24.3 Å². The average Bonchev–Trinajstić information content (AvgIpc) is 2.43. The summed E-state index contributed by atoms with van der Waals surface area (Å²) in [6.45, 7) is 1.89. The van der Waals surface area contributed by atoms with Crippen LogP contribution in [0.3, 0.4) is 0 Å². The molecule has 108 valence electrons. The van der Waals surface area contributed by atoms with Crippen LogP contribution in [0.4, 0.5) is 5.69 Å². The van der Waals surface area contributed by atoms with E-state index in [1.165, 1.54) is 0 Å². The second-order valence-electron chi connectivity index (χ2n) is 4.47. The normalized spacial score (nSPS) is 10.2. The van der Waals surface area contributed by atoms with Gasteiger partial charge in [-0.05, 0) is 52.7 Å². The molecule has 0 fully saturated rings. The molecule has 0 bridgehead atoms. The summed E-state index contributed by atoms with van der Waals surface area (Å²) < 4.78 is 0.674. The molecular formula is C15H12BrClN2OS. The summed E-state index contributed by atoms with van der Waals surface area (Å²) in [5, 5.41) is 3.34. The summed E-state index contributed by atoms with van der Waals surface area (Å²) in [6.07, 6.45) is 0. The van der Waals surface area contributed by atoms with Crippen molar-refractivity contribution < 1.29 is 4.79 Å². The van der Waals surface area contributed by atoms with Crippen molar-refractivity contribution in [1.82, 2.24) is 0 Å². The maximum Gasteiger partial charge on any atom is 0.256 e. The molecule has 3 nitrogen and oxygen atoms in total. The van der Waals surface area contributed by atoms with Gasteiger partial charge in [0.05, 0.1) is 5.56 Å². The van der Waals surface area contributed by atoms with Crippen molar-refractivity contribution in [2.24, 2.45) is 5.73 Å². The predicted molar refractivity (Wildman–Crippen MR) is 94.2 cm³/mol. The number of hydrogen-bond donors (Lipinski definition) is 2. The van der Waals surface area contributed by atoms with E-state index < -0.39 is 0 Å². The van der Waals surface area contributed by atoms with E-state index in [1.807, 2.05) is 19.1 Å². The van der Waals surface area contributed by atoms with Crippen LogP contribution in [0, 0.1) is 6.92 Å². The lowest BCUT2D eigenvalue weighted by Crippen LogP contribution is -2.15. The summed E-state index contributed by atoms with van der Waals surface area (Å²) >= 11 is 14.2. The Balaban J connectivity index is 2.33. The van der Waals surface area contributed by atoms with Gasteiger partial charge in [0.2, 0.25) is 0 Å². The van der Waals surface area contributed by atoms with Crippen molar-refractivity contribution in [3.63, 3.8) is 0 Å². The topological polar surface area (TPSA) is 55.1 Å². The van der Waals surface area contributed by atoms with Crippen molar-refractivity contribution in [3.8, 4) is 0 Å². The zero-order valence-corrected chi connectivity index (χ0v) is 14.3. The van der Waals surface area contributed by atoms with Crippen molar-refractivity contribution in [2.75, 3.05) is 5.32 Å². The lowest BCUT2D eigenvalue weighted by molar-refractivity contribution is 0.102. The van der Waals surface area contributed by atoms with Crippen LogP contribution in [-0.2, 0) is 0 Å². The Morgan fingerprint density at radius 3 is 2.67 bits per heavy atom. The van der Waals surface area contributed by atoms with Gasteiger partial charge in [0, 0.05) is 20.7 Å². The molecule has 2 aromatic rings. The number of carbonyl (C=O) groups is 1. The number of nitrogens with one attached hydrogen (secondary N) is 1. The molecule has 0 unspecified atom stereocenters. The van der Waals surface area contributed by atoms with E-state index in [-0.39, 0.29) is 10.9 Å². The molecule has 0 heterocycles. The second-order valence-corrected chi connectivity index (χ2v) is 6.20. The third-order valence-corrected chi connectivity index (χ3v) is 4.11. The Morgan fingerprint density at radius 2 is 2.00 bits per heavy atom. The monoisotopic (exact) mass is 382 g/mol. The molecule has 1 amide bonds. The standard InChI is InChI=1S/C15H12BrClN2OS/c1-8-2-3-9(14(18)21)6-13(8)19-15(20)11-7-10(17)4-5-12(11)16/h2-7H,1H3,(H2,18,21)(H,19,20). The first-order valence-corrected chi connectivity index (χ1v) is 7.63. The van der Waals surface area contributed by atoms with Crippen LogP contribution in [0.5, 0.6) is 0 Å². The molecule has 0 saturated heterocycles. The molecular weight excluding hydrogens is 372 g/mol. The minimum Gasteiger partial charge on any atom is -0.389 e. The molecule has 0 spiro atoms. The highest BCUT2D eigenvalue weighted by molar-refractivity contribution is 9.10. The van der Waals surface area contributed by atoms with Crippen LogP contribution >= 0.6 is 39.7 Å². The Morgan fingerprint density at radius 1 is 1.29 bits per heavy atom. The van der Waals surface area contributed by atoms with Crippen LogP contribution in [0.1, 0.15) is 21.5 Å². The number of thiocarbonyl (C=S) groups is 1. The molecule has 2 rings (SSSR count). The lowest BCUT2D eigenvalue weighted by Gasteiger charge is -2.11. The molecule has 3 N–H and O–H groups in total.